The van der Waals surface area contributed by atoms with E-state index in [1.165, 1.54) is 22.7 Å². The van der Waals surface area contributed by atoms with Crippen molar-refractivity contribution in [3.05, 3.63) is 94.6 Å². The number of para-hydroxylation sites is 3. The molecule has 0 spiro atoms. The molecule has 3 aromatic heterocycles. The zero-order valence-corrected chi connectivity index (χ0v) is 52.4. The second-order valence-corrected chi connectivity index (χ2v) is 24.9. The van der Waals surface area contributed by atoms with E-state index in [1.807, 2.05) is 86.6 Å². The Morgan fingerprint density at radius 2 is 0.811 bits per heavy atom. The Bertz CT molecular complexity index is 3420. The van der Waals surface area contributed by atoms with Crippen molar-refractivity contribution in [2.45, 2.75) is 152 Å². The van der Waals surface area contributed by atoms with Crippen LogP contribution in [0.25, 0.3) is 31.3 Å². The van der Waals surface area contributed by atoms with Gasteiger partial charge in [0.2, 0.25) is 47.3 Å². The lowest BCUT2D eigenvalue weighted by molar-refractivity contribution is -0.137. The van der Waals surface area contributed by atoms with E-state index in [2.05, 4.69) is 57.5 Å². The second kappa shape index (κ2) is 34.2. The van der Waals surface area contributed by atoms with E-state index in [4.69, 9.17) is 44.4 Å². The van der Waals surface area contributed by atoms with E-state index in [1.54, 1.807) is 6.20 Å². The first kappa shape index (κ1) is 68.7. The van der Waals surface area contributed by atoms with Crippen molar-refractivity contribution >= 4 is 113 Å². The number of carbonyl (C=O) groups is 8. The third-order valence-electron chi connectivity index (χ3n) is 15.1. The normalized spacial score (nSPS) is 21.3. The van der Waals surface area contributed by atoms with Gasteiger partial charge in [-0.1, -0.05) is 56.3 Å². The average molecular weight is 1280 g/mol. The number of hydrogen-bond acceptors (Lipinski definition) is 16. The van der Waals surface area contributed by atoms with Gasteiger partial charge in [0.15, 0.2) is 11.9 Å². The summed E-state index contributed by atoms with van der Waals surface area (Å²) in [5.74, 6) is -6.86. The number of nitrogens with one attached hydrogen (secondary N) is 9. The molecule has 1 fully saturated rings. The summed E-state index contributed by atoms with van der Waals surface area (Å²) in [6.45, 7) is 4.34. The van der Waals surface area contributed by atoms with Gasteiger partial charge >= 0.3 is 0 Å². The van der Waals surface area contributed by atoms with E-state index in [0.717, 1.165) is 20.3 Å². The highest BCUT2D eigenvalue weighted by molar-refractivity contribution is 7.18. The molecule has 27 nitrogen and oxygen atoms in total. The lowest BCUT2D eigenvalue weighted by Gasteiger charge is -2.29. The number of hydrogen-bond donors (Lipinski definition) is 15. The number of fused-ring (bicyclic) bond motifs is 3. The number of aromatic nitrogens is 3. The maximum atomic E-state index is 15.3. The van der Waals surface area contributed by atoms with Crippen LogP contribution in [-0.2, 0) is 57.6 Å². The van der Waals surface area contributed by atoms with Gasteiger partial charge < -0.3 is 81.9 Å². The molecule has 6 aromatic rings. The highest BCUT2D eigenvalue weighted by Crippen LogP contribution is 2.26. The van der Waals surface area contributed by atoms with Gasteiger partial charge in [-0.2, -0.15) is 0 Å². The number of aliphatic imine (C=N–C) groups is 2. The van der Waals surface area contributed by atoms with Crippen molar-refractivity contribution in [1.29, 1.82) is 0 Å². The largest absolute Gasteiger partial charge is 0.370 e. The molecule has 1 aliphatic heterocycles. The van der Waals surface area contributed by atoms with Gasteiger partial charge in [-0.05, 0) is 126 Å². The molecule has 0 radical (unpaired) electrons. The number of nitrogens with zero attached hydrogens (tertiary/aromatic N) is 4. The molecule has 1 saturated heterocycles. The van der Waals surface area contributed by atoms with E-state index in [-0.39, 0.29) is 108 Å². The van der Waals surface area contributed by atoms with E-state index < -0.39 is 95.6 Å². The van der Waals surface area contributed by atoms with Crippen molar-refractivity contribution in [3.8, 4) is 0 Å². The van der Waals surface area contributed by atoms with Gasteiger partial charge in [0.05, 0.1) is 30.4 Å². The molecule has 0 unspecified atom stereocenters. The quantitative estimate of drug-likeness (QED) is 0.0226. The maximum Gasteiger partial charge on any atom is 0.243 e. The van der Waals surface area contributed by atoms with Crippen LogP contribution in [0.3, 0.4) is 0 Å². The highest BCUT2D eigenvalue weighted by atomic mass is 32.1. The predicted molar refractivity (Wildman–Crippen MR) is 349 cm³/mol. The van der Waals surface area contributed by atoms with Crippen LogP contribution in [-0.4, -0.2) is 149 Å². The van der Waals surface area contributed by atoms with Crippen molar-refractivity contribution in [2.24, 2.45) is 50.3 Å². The molecule has 0 bridgehead atoms. The summed E-state index contributed by atoms with van der Waals surface area (Å²) in [7, 11) is 0. The molecular formula is C61H85N19O8S2. The number of amides is 8. The molecule has 0 aliphatic carbocycles. The van der Waals surface area contributed by atoms with Crippen LogP contribution in [0.5, 0.6) is 0 Å². The first-order valence-corrected chi connectivity index (χ1v) is 32.1. The molecule has 3 aromatic carbocycles. The Morgan fingerprint density at radius 1 is 0.456 bits per heavy atom. The minimum absolute atomic E-state index is 0.0382. The standard InChI is InChI=1S/C61H85N19O8S2/c1-34(2)29-44-56(85)80-47(32-51-72-39-18-6-8-24-49(39)90-51)59(88)78-45(30-35-33-70-37-16-4-3-15-36(35)37)57(86)76-41(20-10-12-26-63)53(82)74-42(21-13-27-68-60(64)65)54(83)73-40(19-9-11-25-62)52(81)75-43(22-14-28-69-61(66)67)55(84)79-46(58(87)77-44)31-50-71-38-17-5-7-23-48(38)89-50/h3-8,15-18,23-24,33-34,40-47,70H,9-14,19-22,25-32,62-63H2,1-2H3,(H,73,83)(H,74,82)(H,75,81)(H,76,86)(H,77,87)(H,78,88)(H,79,84)(H,80,85)(H4,64,65,68)(H4,66,67,69)/t40-,41-,42-,43-,44-,45-,46-,47-/m0/s1. The topological polar surface area (TPSA) is 455 Å². The SMILES string of the molecule is CC(C)C[C@@H]1NC(=O)[C@H](Cc2nc3ccccc3s2)NC(=O)[C@H](CCCN=C(N)N)NC(=O)[C@H](CCCCN)NC(=O)[C@H](CCCN=C(N)N)NC(=O)[C@H](CCCCN)NC(=O)[C@H](Cc2c[nH]c3ccccc23)NC(=O)[C@H](Cc2nc3ccccc3s2)NC1=O. The zero-order valence-electron chi connectivity index (χ0n) is 50.8. The number of thiazole rings is 2. The van der Waals surface area contributed by atoms with Gasteiger partial charge in [-0.25, -0.2) is 9.97 Å². The first-order chi connectivity index (χ1) is 43.3. The van der Waals surface area contributed by atoms with Gasteiger partial charge in [0.1, 0.15) is 48.3 Å². The molecule has 8 atom stereocenters. The second-order valence-electron chi connectivity index (χ2n) is 22.7. The molecule has 484 valence electrons. The summed E-state index contributed by atoms with van der Waals surface area (Å²) >= 11 is 2.61. The summed E-state index contributed by atoms with van der Waals surface area (Å²) in [6, 6.07) is 11.2. The molecule has 0 saturated carbocycles. The summed E-state index contributed by atoms with van der Waals surface area (Å²) in [5, 5.41) is 24.6. The van der Waals surface area contributed by atoms with Crippen LogP contribution >= 0.6 is 22.7 Å². The summed E-state index contributed by atoms with van der Waals surface area (Å²) in [6.07, 6.45) is 3.27. The molecule has 8 amide bonds. The lowest BCUT2D eigenvalue weighted by Crippen LogP contribution is -2.62. The van der Waals surface area contributed by atoms with Crippen molar-refractivity contribution in [2.75, 3.05) is 26.2 Å². The minimum Gasteiger partial charge on any atom is -0.370 e. The lowest BCUT2D eigenvalue weighted by atomic mass is 10.0. The molecule has 7 rings (SSSR count). The Hall–Kier alpha value is -8.80. The Balaban J connectivity index is 1.35. The number of carbonyl (C=O) groups excluding carboxylic acids is 8. The maximum absolute atomic E-state index is 15.3. The summed E-state index contributed by atoms with van der Waals surface area (Å²) in [5.41, 5.74) is 37.1. The fourth-order valence-electron chi connectivity index (χ4n) is 10.5. The third-order valence-corrected chi connectivity index (χ3v) is 17.2. The molecule has 1 aliphatic rings. The van der Waals surface area contributed by atoms with E-state index >= 15 is 19.2 Å². The van der Waals surface area contributed by atoms with Crippen LogP contribution in [0.15, 0.2) is 89.0 Å². The number of aromatic amines is 1. The van der Waals surface area contributed by atoms with E-state index in [9.17, 15) is 19.2 Å². The Kier molecular flexibility index (Phi) is 26.1. The van der Waals surface area contributed by atoms with Crippen molar-refractivity contribution in [3.63, 3.8) is 0 Å². The Labute approximate surface area is 529 Å². The van der Waals surface area contributed by atoms with Gasteiger partial charge in [0.25, 0.3) is 0 Å². The number of benzene rings is 3. The molecule has 21 N–H and O–H groups in total. The first-order valence-electron chi connectivity index (χ1n) is 30.5. The predicted octanol–water partition coefficient (Wildman–Crippen LogP) is 0.718. The van der Waals surface area contributed by atoms with Crippen LogP contribution in [0, 0.1) is 5.92 Å². The minimum atomic E-state index is -1.42. The van der Waals surface area contributed by atoms with Crippen LogP contribution < -0.4 is 76.9 Å². The molecule has 4 heterocycles. The fraction of sp³-hybridized carbons (Fsp3) is 0.475. The summed E-state index contributed by atoms with van der Waals surface area (Å²) < 4.78 is 1.63. The van der Waals surface area contributed by atoms with Gasteiger partial charge in [0, 0.05) is 49.5 Å². The highest BCUT2D eigenvalue weighted by Gasteiger charge is 2.37. The van der Waals surface area contributed by atoms with Crippen LogP contribution in [0.1, 0.15) is 100 Å². The number of guanidine groups is 2. The van der Waals surface area contributed by atoms with Crippen molar-refractivity contribution < 1.29 is 38.4 Å². The molecule has 90 heavy (non-hydrogen) atoms. The summed E-state index contributed by atoms with van der Waals surface area (Å²) in [4.78, 5) is 141. The van der Waals surface area contributed by atoms with Crippen LogP contribution in [0.4, 0.5) is 0 Å². The van der Waals surface area contributed by atoms with E-state index in [0.29, 0.717) is 52.3 Å². The number of H-pyrrole nitrogens is 1. The Morgan fingerprint density at radius 3 is 1.22 bits per heavy atom. The van der Waals surface area contributed by atoms with Gasteiger partial charge in [-0.3, -0.25) is 48.3 Å². The van der Waals surface area contributed by atoms with Crippen LogP contribution in [0.2, 0.25) is 0 Å². The smallest absolute Gasteiger partial charge is 0.243 e. The number of nitrogens with two attached hydrogens (primary N) is 6. The molecule has 29 heteroatoms. The third kappa shape index (κ3) is 20.6. The number of unbranched alkanes of at least 4 members (excludes halogenated alkanes) is 2. The fourth-order valence-corrected chi connectivity index (χ4v) is 12.5. The average Bonchev–Trinajstić information content (AvgIpc) is 1.85. The molecular weight excluding hydrogens is 1190 g/mol. The number of rotatable bonds is 24. The van der Waals surface area contributed by atoms with Gasteiger partial charge in [-0.15, -0.1) is 22.7 Å². The van der Waals surface area contributed by atoms with Crippen molar-refractivity contribution in [1.82, 2.24) is 57.5 Å². The zero-order chi connectivity index (χ0) is 64.7. The monoisotopic (exact) mass is 1280 g/mol.